The van der Waals surface area contributed by atoms with Crippen LogP contribution < -0.4 is 4.90 Å². The van der Waals surface area contributed by atoms with Gasteiger partial charge in [-0.2, -0.15) is 0 Å². The molecule has 0 N–H and O–H groups in total. The number of anilines is 1. The predicted octanol–water partition coefficient (Wildman–Crippen LogP) is 1.06. The predicted molar refractivity (Wildman–Crippen MR) is 72.7 cm³/mol. The van der Waals surface area contributed by atoms with Crippen LogP contribution in [0.4, 0.5) is 5.69 Å². The van der Waals surface area contributed by atoms with Crippen LogP contribution in [0.3, 0.4) is 0 Å². The zero-order valence-corrected chi connectivity index (χ0v) is 11.2. The molecule has 1 aromatic rings. The molecule has 0 spiro atoms. The fourth-order valence-electron chi connectivity index (χ4n) is 2.07. The SMILES string of the molecule is O=C(OCC1CCO1)c1ccc(N2C(=O)C=CC2=O)cc1. The van der Waals surface area contributed by atoms with Crippen LogP contribution in [0, 0.1) is 0 Å². The molecular weight excluding hydrogens is 274 g/mol. The summed E-state index contributed by atoms with van der Waals surface area (Å²) in [5, 5.41) is 0. The van der Waals surface area contributed by atoms with Crippen molar-refractivity contribution in [2.24, 2.45) is 0 Å². The summed E-state index contributed by atoms with van der Waals surface area (Å²) in [6, 6.07) is 6.13. The zero-order chi connectivity index (χ0) is 14.8. The van der Waals surface area contributed by atoms with Crippen LogP contribution in [0.2, 0.25) is 0 Å². The van der Waals surface area contributed by atoms with E-state index in [-0.39, 0.29) is 12.7 Å². The Morgan fingerprint density at radius 1 is 1.19 bits per heavy atom. The smallest absolute Gasteiger partial charge is 0.338 e. The van der Waals surface area contributed by atoms with Crippen LogP contribution in [0.1, 0.15) is 16.8 Å². The van der Waals surface area contributed by atoms with Crippen LogP contribution in [0.15, 0.2) is 36.4 Å². The van der Waals surface area contributed by atoms with Crippen LogP contribution in [-0.4, -0.2) is 37.1 Å². The van der Waals surface area contributed by atoms with Gasteiger partial charge >= 0.3 is 5.97 Å². The van der Waals surface area contributed by atoms with Gasteiger partial charge in [0.1, 0.15) is 6.61 Å². The first-order valence-corrected chi connectivity index (χ1v) is 6.60. The fourth-order valence-corrected chi connectivity index (χ4v) is 2.07. The number of imide groups is 1. The number of rotatable bonds is 4. The number of ether oxygens (including phenoxy) is 2. The largest absolute Gasteiger partial charge is 0.459 e. The first-order valence-electron chi connectivity index (χ1n) is 6.60. The summed E-state index contributed by atoms with van der Waals surface area (Å²) in [5.41, 5.74) is 0.791. The van der Waals surface area contributed by atoms with Crippen molar-refractivity contribution < 1.29 is 23.9 Å². The van der Waals surface area contributed by atoms with Gasteiger partial charge in [0.05, 0.1) is 17.4 Å². The number of nitrogens with zero attached hydrogens (tertiary/aromatic N) is 1. The van der Waals surface area contributed by atoms with Crippen molar-refractivity contribution in [1.29, 1.82) is 0 Å². The molecule has 2 amide bonds. The maximum atomic E-state index is 11.8. The van der Waals surface area contributed by atoms with Gasteiger partial charge < -0.3 is 9.47 Å². The van der Waals surface area contributed by atoms with Gasteiger partial charge in [0, 0.05) is 25.2 Å². The minimum Gasteiger partial charge on any atom is -0.459 e. The average molecular weight is 287 g/mol. The topological polar surface area (TPSA) is 72.9 Å². The van der Waals surface area contributed by atoms with Gasteiger partial charge in [-0.15, -0.1) is 0 Å². The Morgan fingerprint density at radius 3 is 2.33 bits per heavy atom. The molecule has 1 aromatic carbocycles. The van der Waals surface area contributed by atoms with E-state index in [0.29, 0.717) is 17.9 Å². The van der Waals surface area contributed by atoms with Gasteiger partial charge in [0.15, 0.2) is 0 Å². The summed E-state index contributed by atoms with van der Waals surface area (Å²) in [4.78, 5) is 35.9. The molecule has 2 aliphatic rings. The van der Waals surface area contributed by atoms with Gasteiger partial charge in [-0.25, -0.2) is 9.69 Å². The van der Waals surface area contributed by atoms with E-state index in [1.54, 1.807) is 12.1 Å². The van der Waals surface area contributed by atoms with E-state index in [1.165, 1.54) is 24.3 Å². The highest BCUT2D eigenvalue weighted by molar-refractivity contribution is 6.28. The molecule has 1 fully saturated rings. The normalized spacial score (nSPS) is 20.6. The van der Waals surface area contributed by atoms with Crippen molar-refractivity contribution in [3.8, 4) is 0 Å². The number of carbonyl (C=O) groups is 3. The molecule has 2 aliphatic heterocycles. The molecule has 21 heavy (non-hydrogen) atoms. The van der Waals surface area contributed by atoms with Crippen molar-refractivity contribution in [2.75, 3.05) is 18.1 Å². The second-order valence-electron chi connectivity index (χ2n) is 4.77. The second-order valence-corrected chi connectivity index (χ2v) is 4.77. The van der Waals surface area contributed by atoms with E-state index in [9.17, 15) is 14.4 Å². The van der Waals surface area contributed by atoms with Crippen LogP contribution in [0.5, 0.6) is 0 Å². The summed E-state index contributed by atoms with van der Waals surface area (Å²) < 4.78 is 10.3. The van der Waals surface area contributed by atoms with Crippen LogP contribution >= 0.6 is 0 Å². The quantitative estimate of drug-likeness (QED) is 0.611. The van der Waals surface area contributed by atoms with Gasteiger partial charge in [-0.05, 0) is 24.3 Å². The number of esters is 1. The molecule has 1 unspecified atom stereocenters. The Labute approximate surface area is 120 Å². The average Bonchev–Trinajstić information content (AvgIpc) is 2.76. The molecule has 6 nitrogen and oxygen atoms in total. The third-order valence-electron chi connectivity index (χ3n) is 3.36. The van der Waals surface area contributed by atoms with Crippen molar-refractivity contribution >= 4 is 23.5 Å². The lowest BCUT2D eigenvalue weighted by Gasteiger charge is -2.25. The number of hydrogen-bond donors (Lipinski definition) is 0. The summed E-state index contributed by atoms with van der Waals surface area (Å²) in [5.74, 6) is -1.23. The van der Waals surface area contributed by atoms with Gasteiger partial charge in [-0.3, -0.25) is 9.59 Å². The molecule has 0 aromatic heterocycles. The van der Waals surface area contributed by atoms with Crippen molar-refractivity contribution in [3.05, 3.63) is 42.0 Å². The highest BCUT2D eigenvalue weighted by Gasteiger charge is 2.25. The molecule has 0 aliphatic carbocycles. The third kappa shape index (κ3) is 2.71. The molecule has 108 valence electrons. The number of benzene rings is 1. The van der Waals surface area contributed by atoms with Crippen molar-refractivity contribution in [3.63, 3.8) is 0 Å². The Morgan fingerprint density at radius 2 is 1.81 bits per heavy atom. The van der Waals surface area contributed by atoms with E-state index >= 15 is 0 Å². The molecular formula is C15H13NO5. The highest BCUT2D eigenvalue weighted by Crippen LogP contribution is 2.20. The first-order chi connectivity index (χ1) is 10.1. The lowest BCUT2D eigenvalue weighted by Crippen LogP contribution is -2.32. The van der Waals surface area contributed by atoms with Crippen molar-refractivity contribution in [1.82, 2.24) is 0 Å². The summed E-state index contributed by atoms with van der Waals surface area (Å²) >= 11 is 0. The maximum Gasteiger partial charge on any atom is 0.338 e. The van der Waals surface area contributed by atoms with Gasteiger partial charge in [0.2, 0.25) is 0 Å². The Bertz CT molecular complexity index is 597. The zero-order valence-electron chi connectivity index (χ0n) is 11.2. The molecule has 2 heterocycles. The summed E-state index contributed by atoms with van der Waals surface area (Å²) in [6.07, 6.45) is 3.32. The Balaban J connectivity index is 1.64. The summed E-state index contributed by atoms with van der Waals surface area (Å²) in [7, 11) is 0. The van der Waals surface area contributed by atoms with Gasteiger partial charge in [-0.1, -0.05) is 0 Å². The highest BCUT2D eigenvalue weighted by atomic mass is 16.6. The Hall–Kier alpha value is -2.47. The maximum absolute atomic E-state index is 11.8. The molecule has 0 radical (unpaired) electrons. The number of amides is 2. The van der Waals surface area contributed by atoms with Crippen LogP contribution in [0.25, 0.3) is 0 Å². The minimum atomic E-state index is -0.450. The third-order valence-corrected chi connectivity index (χ3v) is 3.36. The van der Waals surface area contributed by atoms with Crippen molar-refractivity contribution in [2.45, 2.75) is 12.5 Å². The Kier molecular flexibility index (Phi) is 3.53. The summed E-state index contributed by atoms with van der Waals surface area (Å²) in [6.45, 7) is 0.955. The molecule has 0 bridgehead atoms. The van der Waals surface area contributed by atoms with E-state index < -0.39 is 17.8 Å². The number of hydrogen-bond acceptors (Lipinski definition) is 5. The van der Waals surface area contributed by atoms with E-state index in [0.717, 1.165) is 11.3 Å². The standard InChI is InChI=1S/C15H13NO5/c17-13-5-6-14(18)16(13)11-3-1-10(2-4-11)15(19)21-9-12-7-8-20-12/h1-6,12H,7-9H2. The molecule has 1 atom stereocenters. The lowest BCUT2D eigenvalue weighted by molar-refractivity contribution is -0.119. The molecule has 6 heteroatoms. The van der Waals surface area contributed by atoms with E-state index in [2.05, 4.69) is 0 Å². The van der Waals surface area contributed by atoms with E-state index in [4.69, 9.17) is 9.47 Å². The second kappa shape index (κ2) is 5.49. The molecule has 1 saturated heterocycles. The fraction of sp³-hybridized carbons (Fsp3) is 0.267. The number of carbonyl (C=O) groups excluding carboxylic acids is 3. The van der Waals surface area contributed by atoms with Gasteiger partial charge in [0.25, 0.3) is 11.8 Å². The lowest BCUT2D eigenvalue weighted by atomic mass is 10.2. The molecule has 3 rings (SSSR count). The van der Waals surface area contributed by atoms with Crippen LogP contribution in [-0.2, 0) is 19.1 Å². The first kappa shape index (κ1) is 13.5. The monoisotopic (exact) mass is 287 g/mol. The minimum absolute atomic E-state index is 0.000796. The van der Waals surface area contributed by atoms with E-state index in [1.807, 2.05) is 0 Å². The molecule has 0 saturated carbocycles.